The van der Waals surface area contributed by atoms with Gasteiger partial charge in [-0.15, -0.1) is 0 Å². The molecule has 1 saturated heterocycles. The predicted molar refractivity (Wildman–Crippen MR) is 54.1 cm³/mol. The predicted octanol–water partition coefficient (Wildman–Crippen LogP) is 1.98. The van der Waals surface area contributed by atoms with Crippen molar-refractivity contribution < 1.29 is 9.53 Å². The Morgan fingerprint density at radius 2 is 2.07 bits per heavy atom. The highest BCUT2D eigenvalue weighted by atomic mass is 16.5. The number of carbonyl (C=O) groups is 1. The monoisotopic (exact) mass is 190 g/mol. The van der Waals surface area contributed by atoms with Crippen molar-refractivity contribution >= 4 is 5.78 Å². The number of ketones is 1. The second-order valence-electron chi connectivity index (χ2n) is 3.80. The van der Waals surface area contributed by atoms with Crippen LogP contribution in [0.4, 0.5) is 0 Å². The summed E-state index contributed by atoms with van der Waals surface area (Å²) < 4.78 is 5.53. The van der Waals surface area contributed by atoms with Gasteiger partial charge >= 0.3 is 0 Å². The Hall–Kier alpha value is -1.15. The Kier molecular flexibility index (Phi) is 2.64. The highest BCUT2D eigenvalue weighted by molar-refractivity contribution is 5.85. The lowest BCUT2D eigenvalue weighted by Gasteiger charge is -2.09. The molecule has 1 fully saturated rings. The van der Waals surface area contributed by atoms with Crippen LogP contribution in [0.5, 0.6) is 0 Å². The van der Waals surface area contributed by atoms with Crippen LogP contribution >= 0.6 is 0 Å². The van der Waals surface area contributed by atoms with Gasteiger partial charge in [-0.25, -0.2) is 0 Å². The molecule has 0 bridgehead atoms. The SMILES string of the molecule is C[C@@H]1CC(=O)[C@H](Cc2ccccc2)O1. The normalized spacial score (nSPS) is 26.8. The van der Waals surface area contributed by atoms with Gasteiger partial charge in [0.25, 0.3) is 0 Å². The molecular weight excluding hydrogens is 176 g/mol. The molecule has 0 unspecified atom stereocenters. The van der Waals surface area contributed by atoms with E-state index in [4.69, 9.17) is 4.74 Å². The fraction of sp³-hybridized carbons (Fsp3) is 0.417. The van der Waals surface area contributed by atoms with Gasteiger partial charge in [0.05, 0.1) is 6.10 Å². The Bertz CT molecular complexity index is 318. The molecule has 0 aromatic heterocycles. The molecule has 0 N–H and O–H groups in total. The van der Waals surface area contributed by atoms with E-state index in [0.29, 0.717) is 12.8 Å². The van der Waals surface area contributed by atoms with Gasteiger partial charge in [-0.05, 0) is 12.5 Å². The quantitative estimate of drug-likeness (QED) is 0.712. The van der Waals surface area contributed by atoms with Gasteiger partial charge in [-0.3, -0.25) is 4.79 Å². The highest BCUT2D eigenvalue weighted by Gasteiger charge is 2.30. The van der Waals surface area contributed by atoms with E-state index in [0.717, 1.165) is 0 Å². The number of benzene rings is 1. The molecule has 0 radical (unpaired) electrons. The topological polar surface area (TPSA) is 26.3 Å². The lowest BCUT2D eigenvalue weighted by molar-refractivity contribution is -0.122. The molecule has 2 atom stereocenters. The molecule has 1 aromatic carbocycles. The number of hydrogen-bond acceptors (Lipinski definition) is 2. The minimum absolute atomic E-state index is 0.0937. The lowest BCUT2D eigenvalue weighted by Crippen LogP contribution is -2.18. The molecule has 74 valence electrons. The van der Waals surface area contributed by atoms with Crippen LogP contribution in [0, 0.1) is 0 Å². The number of Topliss-reactive ketones (excluding diaryl/α,β-unsaturated/α-hetero) is 1. The van der Waals surface area contributed by atoms with Crippen molar-refractivity contribution in [3.05, 3.63) is 35.9 Å². The number of rotatable bonds is 2. The second-order valence-corrected chi connectivity index (χ2v) is 3.80. The first-order chi connectivity index (χ1) is 6.75. The number of carbonyl (C=O) groups excluding carboxylic acids is 1. The molecule has 1 aliphatic rings. The summed E-state index contributed by atoms with van der Waals surface area (Å²) in [6, 6.07) is 10.00. The molecule has 2 rings (SSSR count). The number of hydrogen-bond donors (Lipinski definition) is 0. The second kappa shape index (κ2) is 3.93. The van der Waals surface area contributed by atoms with Crippen LogP contribution in [0.15, 0.2) is 30.3 Å². The zero-order valence-electron chi connectivity index (χ0n) is 8.27. The maximum Gasteiger partial charge on any atom is 0.164 e. The molecule has 0 saturated carbocycles. The Labute approximate surface area is 83.9 Å². The van der Waals surface area contributed by atoms with E-state index in [-0.39, 0.29) is 18.0 Å². The van der Waals surface area contributed by atoms with Gasteiger partial charge in [-0.1, -0.05) is 30.3 Å². The van der Waals surface area contributed by atoms with Gasteiger partial charge in [0.1, 0.15) is 6.10 Å². The van der Waals surface area contributed by atoms with Crippen molar-refractivity contribution in [2.75, 3.05) is 0 Å². The minimum Gasteiger partial charge on any atom is -0.367 e. The zero-order valence-corrected chi connectivity index (χ0v) is 8.27. The van der Waals surface area contributed by atoms with Crippen molar-refractivity contribution in [2.45, 2.75) is 32.0 Å². The van der Waals surface area contributed by atoms with E-state index in [1.165, 1.54) is 5.56 Å². The fourth-order valence-corrected chi connectivity index (χ4v) is 1.81. The average Bonchev–Trinajstić information content (AvgIpc) is 2.47. The first-order valence-corrected chi connectivity index (χ1v) is 4.98. The standard InChI is InChI=1S/C12H14O2/c1-9-7-11(13)12(14-9)8-10-5-3-2-4-6-10/h2-6,9,12H,7-8H2,1H3/t9-,12+/m1/s1. The lowest BCUT2D eigenvalue weighted by atomic mass is 10.0. The molecule has 1 aromatic rings. The average molecular weight is 190 g/mol. The third kappa shape index (κ3) is 2.02. The smallest absolute Gasteiger partial charge is 0.164 e. The first kappa shape index (κ1) is 9.41. The van der Waals surface area contributed by atoms with Crippen molar-refractivity contribution in [3.63, 3.8) is 0 Å². The third-order valence-corrected chi connectivity index (χ3v) is 2.51. The molecule has 14 heavy (non-hydrogen) atoms. The van der Waals surface area contributed by atoms with Crippen molar-refractivity contribution in [1.29, 1.82) is 0 Å². The van der Waals surface area contributed by atoms with E-state index in [1.54, 1.807) is 0 Å². The summed E-state index contributed by atoms with van der Waals surface area (Å²) in [7, 11) is 0. The van der Waals surface area contributed by atoms with E-state index < -0.39 is 0 Å². The van der Waals surface area contributed by atoms with E-state index in [2.05, 4.69) is 0 Å². The molecule has 0 amide bonds. The summed E-state index contributed by atoms with van der Waals surface area (Å²) in [5.41, 5.74) is 1.17. The summed E-state index contributed by atoms with van der Waals surface area (Å²) in [6.45, 7) is 1.95. The minimum atomic E-state index is -0.215. The molecule has 1 heterocycles. The van der Waals surface area contributed by atoms with Gasteiger partial charge < -0.3 is 4.74 Å². The Balaban J connectivity index is 2.02. The summed E-state index contributed by atoms with van der Waals surface area (Å²) in [5.74, 6) is 0.237. The van der Waals surface area contributed by atoms with Crippen LogP contribution < -0.4 is 0 Å². The van der Waals surface area contributed by atoms with Crippen LogP contribution in [-0.4, -0.2) is 18.0 Å². The maximum absolute atomic E-state index is 11.5. The molecule has 0 aliphatic carbocycles. The molecule has 0 spiro atoms. The van der Waals surface area contributed by atoms with E-state index in [1.807, 2.05) is 37.3 Å². The van der Waals surface area contributed by atoms with Crippen LogP contribution in [0.1, 0.15) is 18.9 Å². The van der Waals surface area contributed by atoms with Crippen LogP contribution in [-0.2, 0) is 16.0 Å². The fourth-order valence-electron chi connectivity index (χ4n) is 1.81. The maximum atomic E-state index is 11.5. The van der Waals surface area contributed by atoms with Crippen molar-refractivity contribution in [2.24, 2.45) is 0 Å². The molecule has 2 heteroatoms. The molecule has 2 nitrogen and oxygen atoms in total. The van der Waals surface area contributed by atoms with Crippen LogP contribution in [0.3, 0.4) is 0 Å². The van der Waals surface area contributed by atoms with Gasteiger partial charge in [0, 0.05) is 12.8 Å². The van der Waals surface area contributed by atoms with Crippen LogP contribution in [0.2, 0.25) is 0 Å². The molecule has 1 aliphatic heterocycles. The first-order valence-electron chi connectivity index (χ1n) is 4.98. The van der Waals surface area contributed by atoms with Gasteiger partial charge in [-0.2, -0.15) is 0 Å². The Morgan fingerprint density at radius 1 is 1.36 bits per heavy atom. The summed E-state index contributed by atoms with van der Waals surface area (Å²) in [6.07, 6.45) is 1.16. The van der Waals surface area contributed by atoms with Crippen LogP contribution in [0.25, 0.3) is 0 Å². The Morgan fingerprint density at radius 3 is 2.64 bits per heavy atom. The summed E-state index contributed by atoms with van der Waals surface area (Å²) in [4.78, 5) is 11.5. The van der Waals surface area contributed by atoms with E-state index in [9.17, 15) is 4.79 Å². The third-order valence-electron chi connectivity index (χ3n) is 2.51. The summed E-state index contributed by atoms with van der Waals surface area (Å²) >= 11 is 0. The summed E-state index contributed by atoms with van der Waals surface area (Å²) in [5, 5.41) is 0. The van der Waals surface area contributed by atoms with Gasteiger partial charge in [0.2, 0.25) is 0 Å². The van der Waals surface area contributed by atoms with Crippen molar-refractivity contribution in [1.82, 2.24) is 0 Å². The number of ether oxygens (including phenoxy) is 1. The highest BCUT2D eigenvalue weighted by Crippen LogP contribution is 2.19. The van der Waals surface area contributed by atoms with E-state index >= 15 is 0 Å². The van der Waals surface area contributed by atoms with Crippen molar-refractivity contribution in [3.8, 4) is 0 Å². The zero-order chi connectivity index (χ0) is 9.97. The molecular formula is C12H14O2. The van der Waals surface area contributed by atoms with Gasteiger partial charge in [0.15, 0.2) is 5.78 Å². The largest absolute Gasteiger partial charge is 0.367 e.